The average Bonchev–Trinajstić information content (AvgIpc) is 2.73. The van der Waals surface area contributed by atoms with Crippen molar-refractivity contribution in [2.45, 2.75) is 25.6 Å². The molecule has 1 N–H and O–H groups in total. The fraction of sp³-hybridized carbons (Fsp3) is 0.182. The molecule has 0 unspecified atom stereocenters. The fourth-order valence-corrected chi connectivity index (χ4v) is 3.47. The molecule has 30 heavy (non-hydrogen) atoms. The molecule has 0 saturated carbocycles. The van der Waals surface area contributed by atoms with Gasteiger partial charge >= 0.3 is 6.18 Å². The minimum absolute atomic E-state index is 0.142. The highest BCUT2D eigenvalue weighted by molar-refractivity contribution is 9.10. The number of amides is 1. The van der Waals surface area contributed by atoms with E-state index in [9.17, 15) is 18.0 Å². The molecule has 0 bridgehead atoms. The summed E-state index contributed by atoms with van der Waals surface area (Å²) < 4.78 is 45.7. The van der Waals surface area contributed by atoms with Crippen LogP contribution in [0, 0.1) is 0 Å². The number of ether oxygens (including phenoxy) is 1. The van der Waals surface area contributed by atoms with E-state index in [2.05, 4.69) is 26.5 Å². The van der Waals surface area contributed by atoms with Crippen LogP contribution in [0.1, 0.15) is 24.5 Å². The number of fused-ring (bicyclic) bond motifs is 1. The molecule has 0 aliphatic heterocycles. The van der Waals surface area contributed by atoms with Crippen LogP contribution in [0.25, 0.3) is 10.8 Å². The van der Waals surface area contributed by atoms with E-state index in [0.717, 1.165) is 27.5 Å². The molecule has 3 rings (SSSR count). The smallest absolute Gasteiger partial charge is 0.417 e. The largest absolute Gasteiger partial charge is 0.479 e. The Bertz CT molecular complexity index is 1080. The van der Waals surface area contributed by atoms with Gasteiger partial charge in [0.05, 0.1) is 16.3 Å². The Morgan fingerprint density at radius 3 is 2.57 bits per heavy atom. The maximum atomic E-state index is 13.0. The van der Waals surface area contributed by atoms with Crippen molar-refractivity contribution in [1.29, 1.82) is 0 Å². The van der Waals surface area contributed by atoms with Crippen LogP contribution in [0.2, 0.25) is 0 Å². The van der Waals surface area contributed by atoms with E-state index >= 15 is 0 Å². The van der Waals surface area contributed by atoms with Crippen LogP contribution in [-0.4, -0.2) is 18.2 Å². The number of hydrogen-bond donors (Lipinski definition) is 1. The lowest BCUT2D eigenvalue weighted by Gasteiger charge is -2.17. The molecule has 3 aromatic carbocycles. The Hall–Kier alpha value is -2.87. The van der Waals surface area contributed by atoms with Crippen LogP contribution in [-0.2, 0) is 11.0 Å². The molecular formula is C22H18BrF3N2O2. The topological polar surface area (TPSA) is 50.7 Å². The van der Waals surface area contributed by atoms with Gasteiger partial charge in [-0.15, -0.1) is 0 Å². The lowest BCUT2D eigenvalue weighted by molar-refractivity contribution is -0.137. The Morgan fingerprint density at radius 1 is 1.13 bits per heavy atom. The Kier molecular flexibility index (Phi) is 6.77. The normalized spacial score (nSPS) is 12.8. The zero-order chi connectivity index (χ0) is 21.7. The number of nitrogens with one attached hydrogen (secondary N) is 1. The zero-order valence-corrected chi connectivity index (χ0v) is 17.5. The van der Waals surface area contributed by atoms with Crippen LogP contribution < -0.4 is 10.2 Å². The molecule has 0 spiro atoms. The molecule has 1 atom stereocenters. The average molecular weight is 479 g/mol. The quantitative estimate of drug-likeness (QED) is 0.352. The van der Waals surface area contributed by atoms with Gasteiger partial charge in [-0.2, -0.15) is 18.3 Å². The molecule has 4 nitrogen and oxygen atoms in total. The van der Waals surface area contributed by atoms with Crippen LogP contribution in [0.4, 0.5) is 13.2 Å². The molecule has 1 amide bonds. The van der Waals surface area contributed by atoms with Gasteiger partial charge in [0.1, 0.15) is 5.75 Å². The summed E-state index contributed by atoms with van der Waals surface area (Å²) in [4.78, 5) is 12.4. The second kappa shape index (κ2) is 9.30. The predicted octanol–water partition coefficient (Wildman–Crippen LogP) is 5.93. The highest BCUT2D eigenvalue weighted by Crippen LogP contribution is 2.34. The zero-order valence-electron chi connectivity index (χ0n) is 15.9. The number of benzene rings is 3. The summed E-state index contributed by atoms with van der Waals surface area (Å²) in [6.45, 7) is 1.77. The van der Waals surface area contributed by atoms with Gasteiger partial charge in [0.2, 0.25) is 0 Å². The number of alkyl halides is 3. The highest BCUT2D eigenvalue weighted by atomic mass is 79.9. The molecule has 3 aromatic rings. The Balaban J connectivity index is 1.72. The van der Waals surface area contributed by atoms with Gasteiger partial charge in [-0.25, -0.2) is 5.43 Å². The highest BCUT2D eigenvalue weighted by Gasteiger charge is 2.32. The third-order valence-corrected chi connectivity index (χ3v) is 5.22. The van der Waals surface area contributed by atoms with Gasteiger partial charge in [-0.05, 0) is 45.3 Å². The molecule has 8 heteroatoms. The van der Waals surface area contributed by atoms with Gasteiger partial charge in [0.25, 0.3) is 5.91 Å². The predicted molar refractivity (Wildman–Crippen MR) is 114 cm³/mol. The number of nitrogens with zero attached hydrogens (tertiary/aromatic N) is 1. The maximum Gasteiger partial charge on any atom is 0.417 e. The minimum atomic E-state index is -4.51. The Morgan fingerprint density at radius 2 is 1.83 bits per heavy atom. The van der Waals surface area contributed by atoms with Crippen LogP contribution in [0.3, 0.4) is 0 Å². The third-order valence-electron chi connectivity index (χ3n) is 4.40. The van der Waals surface area contributed by atoms with Crippen molar-refractivity contribution in [2.24, 2.45) is 5.10 Å². The third kappa shape index (κ3) is 4.99. The van der Waals surface area contributed by atoms with E-state index in [4.69, 9.17) is 4.74 Å². The molecule has 0 aromatic heterocycles. The van der Waals surface area contributed by atoms with E-state index in [-0.39, 0.29) is 5.56 Å². The lowest BCUT2D eigenvalue weighted by Crippen LogP contribution is -2.35. The second-order valence-corrected chi connectivity index (χ2v) is 7.23. The number of hydrogen-bond acceptors (Lipinski definition) is 3. The number of hydrazone groups is 1. The summed E-state index contributed by atoms with van der Waals surface area (Å²) in [6.07, 6.45) is -4.05. The summed E-state index contributed by atoms with van der Waals surface area (Å²) in [5.41, 5.74) is 1.29. The van der Waals surface area contributed by atoms with E-state index in [1.54, 1.807) is 13.0 Å². The molecule has 0 radical (unpaired) electrons. The monoisotopic (exact) mass is 478 g/mol. The molecule has 0 fully saturated rings. The lowest BCUT2D eigenvalue weighted by atomic mass is 10.1. The fourth-order valence-electron chi connectivity index (χ4n) is 2.89. The number of halogens is 4. The molecular weight excluding hydrogens is 461 g/mol. The van der Waals surface area contributed by atoms with Crippen molar-refractivity contribution in [3.8, 4) is 5.75 Å². The van der Waals surface area contributed by atoms with Crippen LogP contribution >= 0.6 is 15.9 Å². The summed E-state index contributed by atoms with van der Waals surface area (Å²) in [7, 11) is 0. The summed E-state index contributed by atoms with van der Waals surface area (Å²) in [5, 5.41) is 5.64. The number of carbonyl (C=O) groups is 1. The van der Waals surface area contributed by atoms with Gasteiger partial charge < -0.3 is 4.74 Å². The molecule has 0 saturated heterocycles. The molecule has 0 heterocycles. The first-order valence-corrected chi connectivity index (χ1v) is 9.93. The van der Waals surface area contributed by atoms with Crippen molar-refractivity contribution < 1.29 is 22.7 Å². The van der Waals surface area contributed by atoms with E-state index in [1.165, 1.54) is 18.2 Å². The van der Waals surface area contributed by atoms with Crippen LogP contribution in [0.15, 0.2) is 70.2 Å². The Labute approximate surface area is 179 Å². The van der Waals surface area contributed by atoms with Gasteiger partial charge in [0.15, 0.2) is 6.10 Å². The van der Waals surface area contributed by atoms with Crippen molar-refractivity contribution in [3.05, 3.63) is 76.3 Å². The van der Waals surface area contributed by atoms with Gasteiger partial charge in [-0.3, -0.25) is 4.79 Å². The van der Waals surface area contributed by atoms with Crippen molar-refractivity contribution >= 4 is 38.8 Å². The van der Waals surface area contributed by atoms with Crippen molar-refractivity contribution in [1.82, 2.24) is 5.43 Å². The number of carbonyl (C=O) groups excluding carboxylic acids is 1. The van der Waals surface area contributed by atoms with E-state index in [1.807, 2.05) is 30.3 Å². The maximum absolute atomic E-state index is 13.0. The molecule has 0 aliphatic carbocycles. The van der Waals surface area contributed by atoms with Crippen LogP contribution in [0.5, 0.6) is 5.75 Å². The summed E-state index contributed by atoms with van der Waals surface area (Å²) in [5.74, 6) is -0.0691. The first-order chi connectivity index (χ1) is 14.3. The summed E-state index contributed by atoms with van der Waals surface area (Å²) in [6, 6.07) is 16.3. The minimum Gasteiger partial charge on any atom is -0.479 e. The second-order valence-electron chi connectivity index (χ2n) is 6.43. The standard InChI is InChI=1S/C22H18BrF3N2O2/c1-2-18(30-19-12-11-14-7-3-5-9-16(14)20(19)23)21(29)28-27-13-15-8-4-6-10-17(15)22(24,25)26/h3-13,18H,2H2,1H3,(H,28,29)/b27-13-/t18-/m0/s1. The van der Waals surface area contributed by atoms with Gasteiger partial charge in [-0.1, -0.05) is 55.5 Å². The first kappa shape index (κ1) is 21.8. The van der Waals surface area contributed by atoms with Gasteiger partial charge in [0, 0.05) is 5.56 Å². The molecule has 0 aliphatic rings. The molecule has 156 valence electrons. The van der Waals surface area contributed by atoms with Crippen molar-refractivity contribution in [3.63, 3.8) is 0 Å². The van der Waals surface area contributed by atoms with E-state index in [0.29, 0.717) is 12.2 Å². The number of rotatable bonds is 6. The van der Waals surface area contributed by atoms with Crippen molar-refractivity contribution in [2.75, 3.05) is 0 Å². The summed E-state index contributed by atoms with van der Waals surface area (Å²) >= 11 is 3.51. The first-order valence-electron chi connectivity index (χ1n) is 9.14. The van der Waals surface area contributed by atoms with E-state index < -0.39 is 23.8 Å². The SMILES string of the molecule is CC[C@H](Oc1ccc2ccccc2c1Br)C(=O)N/N=C\c1ccccc1C(F)(F)F.